The van der Waals surface area contributed by atoms with Gasteiger partial charge < -0.3 is 9.64 Å². The number of carbonyl (C=O) groups is 2. The van der Waals surface area contributed by atoms with E-state index in [1.165, 1.54) is 29.2 Å². The molecule has 7 nitrogen and oxygen atoms in total. The monoisotopic (exact) mass is 332 g/mol. The number of ether oxygens (including phenoxy) is 1. The summed E-state index contributed by atoms with van der Waals surface area (Å²) in [6, 6.07) is 5.83. The second-order valence-corrected chi connectivity index (χ2v) is 5.16. The fourth-order valence-electron chi connectivity index (χ4n) is 1.88. The number of rotatable bonds is 8. The Balaban J connectivity index is 2.57. The van der Waals surface area contributed by atoms with Gasteiger partial charge in [-0.1, -0.05) is 24.3 Å². The molecule has 1 rings (SSSR count). The van der Waals surface area contributed by atoms with Gasteiger partial charge in [0.25, 0.3) is 11.6 Å². The minimum absolute atomic E-state index is 0.0703. The fourth-order valence-corrected chi connectivity index (χ4v) is 1.88. The van der Waals surface area contributed by atoms with Crippen LogP contribution >= 0.6 is 0 Å². The van der Waals surface area contributed by atoms with Crippen molar-refractivity contribution in [3.63, 3.8) is 0 Å². The molecule has 0 spiro atoms. The predicted molar refractivity (Wildman–Crippen MR) is 90.2 cm³/mol. The van der Waals surface area contributed by atoms with Gasteiger partial charge in [-0.2, -0.15) is 0 Å². The third-order valence-corrected chi connectivity index (χ3v) is 3.03. The molecule has 0 N–H and O–H groups in total. The van der Waals surface area contributed by atoms with Crippen molar-refractivity contribution >= 4 is 23.6 Å². The summed E-state index contributed by atoms with van der Waals surface area (Å²) in [6.45, 7) is 7.92. The highest BCUT2D eigenvalue weighted by molar-refractivity contribution is 5.89. The first-order valence-corrected chi connectivity index (χ1v) is 7.35. The van der Waals surface area contributed by atoms with Crippen molar-refractivity contribution in [3.8, 4) is 0 Å². The van der Waals surface area contributed by atoms with Gasteiger partial charge >= 0.3 is 5.97 Å². The molecule has 0 heterocycles. The molecule has 0 saturated carbocycles. The molecule has 0 aromatic heterocycles. The van der Waals surface area contributed by atoms with E-state index >= 15 is 0 Å². The lowest BCUT2D eigenvalue weighted by molar-refractivity contribution is -0.384. The van der Waals surface area contributed by atoms with Crippen LogP contribution in [-0.4, -0.2) is 41.4 Å². The van der Waals surface area contributed by atoms with Crippen molar-refractivity contribution < 1.29 is 19.2 Å². The molecule has 1 aromatic carbocycles. The van der Waals surface area contributed by atoms with Crippen LogP contribution in [-0.2, 0) is 14.3 Å². The van der Waals surface area contributed by atoms with Crippen molar-refractivity contribution in [1.82, 2.24) is 4.90 Å². The van der Waals surface area contributed by atoms with Crippen LogP contribution < -0.4 is 0 Å². The van der Waals surface area contributed by atoms with Gasteiger partial charge in [0.2, 0.25) is 0 Å². The molecule has 0 atom stereocenters. The second kappa shape index (κ2) is 9.24. The maximum Gasteiger partial charge on any atom is 0.331 e. The van der Waals surface area contributed by atoms with E-state index in [0.29, 0.717) is 18.7 Å². The lowest BCUT2D eigenvalue weighted by Gasteiger charge is -2.20. The highest BCUT2D eigenvalue weighted by atomic mass is 16.6. The molecule has 0 radical (unpaired) electrons. The standard InChI is InChI=1S/C17H20N2O5/c1-4-18(11-13(2)3)16(20)12-24-17(21)9-8-14-6-5-7-15(10-14)19(22)23/h5-10H,2,4,11-12H2,1,3H3/b9-8+. The summed E-state index contributed by atoms with van der Waals surface area (Å²) in [5.41, 5.74) is 1.26. The number of likely N-dealkylation sites (N-methyl/N-ethyl adjacent to an activating group) is 1. The van der Waals surface area contributed by atoms with Gasteiger partial charge in [0.05, 0.1) is 4.92 Å². The van der Waals surface area contributed by atoms with Crippen LogP contribution in [0, 0.1) is 10.1 Å². The van der Waals surface area contributed by atoms with Gasteiger partial charge in [0.15, 0.2) is 6.61 Å². The van der Waals surface area contributed by atoms with Crippen LogP contribution in [0.2, 0.25) is 0 Å². The van der Waals surface area contributed by atoms with E-state index < -0.39 is 10.9 Å². The summed E-state index contributed by atoms with van der Waals surface area (Å²) in [5, 5.41) is 10.7. The maximum absolute atomic E-state index is 11.9. The number of nitrogens with zero attached hydrogens (tertiary/aromatic N) is 2. The Hall–Kier alpha value is -2.96. The van der Waals surface area contributed by atoms with Gasteiger partial charge in [-0.25, -0.2) is 4.79 Å². The van der Waals surface area contributed by atoms with Gasteiger partial charge in [-0.05, 0) is 25.5 Å². The molecule has 24 heavy (non-hydrogen) atoms. The lowest BCUT2D eigenvalue weighted by atomic mass is 10.2. The van der Waals surface area contributed by atoms with Gasteiger partial charge in [-0.15, -0.1) is 0 Å². The van der Waals surface area contributed by atoms with Crippen LogP contribution in [0.3, 0.4) is 0 Å². The van der Waals surface area contributed by atoms with Crippen LogP contribution in [0.5, 0.6) is 0 Å². The van der Waals surface area contributed by atoms with Gasteiger partial charge in [0.1, 0.15) is 0 Å². The van der Waals surface area contributed by atoms with Crippen molar-refractivity contribution in [3.05, 3.63) is 58.2 Å². The molecular formula is C17H20N2O5. The molecule has 128 valence electrons. The van der Waals surface area contributed by atoms with E-state index in [1.807, 2.05) is 13.8 Å². The Bertz CT molecular complexity index is 667. The van der Waals surface area contributed by atoms with Crippen LogP contribution in [0.15, 0.2) is 42.5 Å². The van der Waals surface area contributed by atoms with E-state index in [0.717, 1.165) is 11.6 Å². The van der Waals surface area contributed by atoms with E-state index in [2.05, 4.69) is 6.58 Å². The number of nitro groups is 1. The number of esters is 1. The summed E-state index contributed by atoms with van der Waals surface area (Å²) in [7, 11) is 0. The van der Waals surface area contributed by atoms with E-state index in [-0.39, 0.29) is 18.2 Å². The quantitative estimate of drug-likeness (QED) is 0.240. The Morgan fingerprint density at radius 2 is 2.12 bits per heavy atom. The molecule has 0 fully saturated rings. The third kappa shape index (κ3) is 6.43. The van der Waals surface area contributed by atoms with Crippen molar-refractivity contribution in [2.24, 2.45) is 0 Å². The number of non-ortho nitro benzene ring substituents is 1. The molecule has 1 aromatic rings. The van der Waals surface area contributed by atoms with E-state index in [9.17, 15) is 19.7 Å². The predicted octanol–water partition coefficient (Wildman–Crippen LogP) is 2.58. The Kier molecular flexibility index (Phi) is 7.35. The first-order chi connectivity index (χ1) is 11.3. The lowest BCUT2D eigenvalue weighted by Crippen LogP contribution is -2.35. The normalized spacial score (nSPS) is 10.4. The first-order valence-electron chi connectivity index (χ1n) is 7.35. The molecule has 1 amide bonds. The third-order valence-electron chi connectivity index (χ3n) is 3.03. The zero-order valence-corrected chi connectivity index (χ0v) is 13.7. The second-order valence-electron chi connectivity index (χ2n) is 5.16. The summed E-state index contributed by atoms with van der Waals surface area (Å²) in [5.74, 6) is -1.00. The van der Waals surface area contributed by atoms with Crippen molar-refractivity contribution in [1.29, 1.82) is 0 Å². The molecule has 0 aliphatic heterocycles. The summed E-state index contributed by atoms with van der Waals surface area (Å²) in [6.07, 6.45) is 2.52. The van der Waals surface area contributed by atoms with Crippen molar-refractivity contribution in [2.75, 3.05) is 19.7 Å². The highest BCUT2D eigenvalue weighted by Crippen LogP contribution is 2.14. The summed E-state index contributed by atoms with van der Waals surface area (Å²) < 4.78 is 4.89. The Morgan fingerprint density at radius 3 is 2.71 bits per heavy atom. The smallest absolute Gasteiger partial charge is 0.331 e. The average molecular weight is 332 g/mol. The SMILES string of the molecule is C=C(C)CN(CC)C(=O)COC(=O)/C=C/c1cccc([N+](=O)[O-])c1. The molecule has 7 heteroatoms. The zero-order chi connectivity index (χ0) is 18.1. The van der Waals surface area contributed by atoms with Gasteiger partial charge in [-0.3, -0.25) is 14.9 Å². The number of carbonyl (C=O) groups excluding carboxylic acids is 2. The first kappa shape index (κ1) is 19.1. The number of hydrogen-bond acceptors (Lipinski definition) is 5. The zero-order valence-electron chi connectivity index (χ0n) is 13.7. The molecular weight excluding hydrogens is 312 g/mol. The minimum atomic E-state index is -0.693. The maximum atomic E-state index is 11.9. The topological polar surface area (TPSA) is 89.8 Å². The average Bonchev–Trinajstić information content (AvgIpc) is 2.55. The number of nitro benzene ring substituents is 1. The molecule has 0 bridgehead atoms. The number of hydrogen-bond donors (Lipinski definition) is 0. The molecule has 0 saturated heterocycles. The molecule has 0 unspecified atom stereocenters. The summed E-state index contributed by atoms with van der Waals surface area (Å²) in [4.78, 5) is 35.2. The number of benzene rings is 1. The molecule has 0 aliphatic rings. The van der Waals surface area contributed by atoms with Crippen LogP contribution in [0.25, 0.3) is 6.08 Å². The van der Waals surface area contributed by atoms with Crippen molar-refractivity contribution in [2.45, 2.75) is 13.8 Å². The van der Waals surface area contributed by atoms with Crippen LogP contribution in [0.4, 0.5) is 5.69 Å². The van der Waals surface area contributed by atoms with Crippen LogP contribution in [0.1, 0.15) is 19.4 Å². The number of amides is 1. The Labute approximate surface area is 140 Å². The van der Waals surface area contributed by atoms with Gasteiger partial charge in [0, 0.05) is 31.3 Å². The van der Waals surface area contributed by atoms with E-state index in [1.54, 1.807) is 6.07 Å². The largest absolute Gasteiger partial charge is 0.452 e. The fraction of sp³-hybridized carbons (Fsp3) is 0.294. The Morgan fingerprint density at radius 1 is 1.42 bits per heavy atom. The highest BCUT2D eigenvalue weighted by Gasteiger charge is 2.13. The molecule has 0 aliphatic carbocycles. The minimum Gasteiger partial charge on any atom is -0.452 e. The summed E-state index contributed by atoms with van der Waals surface area (Å²) >= 11 is 0. The van der Waals surface area contributed by atoms with E-state index in [4.69, 9.17) is 4.74 Å².